The Bertz CT molecular complexity index is 221. The van der Waals surface area contributed by atoms with Crippen molar-refractivity contribution in [2.75, 3.05) is 0 Å². The molecule has 1 unspecified atom stereocenters. The molecule has 0 aromatic rings. The third-order valence-corrected chi connectivity index (χ3v) is 1.30. The van der Waals surface area contributed by atoms with Crippen LogP contribution in [-0.2, 0) is 14.3 Å². The molecule has 82 valence electrons. The van der Waals surface area contributed by atoms with Crippen LogP contribution in [0.3, 0.4) is 0 Å². The molecule has 0 aromatic heterocycles. The van der Waals surface area contributed by atoms with E-state index in [1.165, 1.54) is 0 Å². The second-order valence-electron chi connectivity index (χ2n) is 3.96. The molecule has 0 amide bonds. The topological polar surface area (TPSA) is 86.7 Å². The van der Waals surface area contributed by atoms with E-state index in [1.54, 1.807) is 20.8 Å². The second kappa shape index (κ2) is 6.89. The Kier molecular flexibility index (Phi) is 7.76. The van der Waals surface area contributed by atoms with E-state index in [9.17, 15) is 14.7 Å². The van der Waals surface area contributed by atoms with Crippen molar-refractivity contribution in [1.82, 2.24) is 0 Å². The summed E-state index contributed by atoms with van der Waals surface area (Å²) in [4.78, 5) is 21.1. The zero-order valence-corrected chi connectivity index (χ0v) is 9.57. The van der Waals surface area contributed by atoms with Crippen LogP contribution >= 0.6 is 0 Å². The number of carboxylic acid groups (broad SMARTS) is 1. The first-order chi connectivity index (χ1) is 6.22. The van der Waals surface area contributed by atoms with Crippen molar-refractivity contribution >= 4 is 11.9 Å². The minimum absolute atomic E-state index is 0. The van der Waals surface area contributed by atoms with Crippen molar-refractivity contribution in [1.29, 1.82) is 0 Å². The van der Waals surface area contributed by atoms with E-state index in [0.717, 1.165) is 0 Å². The predicted molar refractivity (Wildman–Crippen MR) is 46.1 cm³/mol. The molecule has 0 saturated carbocycles. The fourth-order valence-electron chi connectivity index (χ4n) is 0.742. The van der Waals surface area contributed by atoms with Gasteiger partial charge in [-0.1, -0.05) is 0 Å². The summed E-state index contributed by atoms with van der Waals surface area (Å²) < 4.78 is 4.83. The summed E-state index contributed by atoms with van der Waals surface area (Å²) in [5, 5.41) is 19.2. The van der Waals surface area contributed by atoms with Gasteiger partial charge in [0.15, 0.2) is 6.10 Å². The SMILES string of the molecule is CC(C)(C)OC(=O)C(O)CCC(=O)[O-].[Li+]. The van der Waals surface area contributed by atoms with Gasteiger partial charge in [-0.2, -0.15) is 0 Å². The fraction of sp³-hybridized carbons (Fsp3) is 0.778. The Morgan fingerprint density at radius 2 is 1.87 bits per heavy atom. The first-order valence-electron chi connectivity index (χ1n) is 4.33. The average Bonchev–Trinajstić information content (AvgIpc) is 1.96. The van der Waals surface area contributed by atoms with Gasteiger partial charge in [-0.05, 0) is 33.6 Å². The molecule has 1 atom stereocenters. The van der Waals surface area contributed by atoms with E-state index in [1.807, 2.05) is 0 Å². The molecule has 5 nitrogen and oxygen atoms in total. The first kappa shape index (κ1) is 16.9. The molecule has 6 heteroatoms. The van der Waals surface area contributed by atoms with Gasteiger partial charge in [0.2, 0.25) is 0 Å². The van der Waals surface area contributed by atoms with Gasteiger partial charge < -0.3 is 19.7 Å². The minimum Gasteiger partial charge on any atom is -0.550 e. The maximum atomic E-state index is 11.1. The number of esters is 1. The van der Waals surface area contributed by atoms with E-state index in [-0.39, 0.29) is 31.7 Å². The second-order valence-corrected chi connectivity index (χ2v) is 3.96. The molecule has 0 rings (SSSR count). The van der Waals surface area contributed by atoms with Crippen LogP contribution in [0.5, 0.6) is 0 Å². The van der Waals surface area contributed by atoms with Gasteiger partial charge in [0, 0.05) is 5.97 Å². The Balaban J connectivity index is 0. The van der Waals surface area contributed by atoms with Crippen LogP contribution < -0.4 is 24.0 Å². The molecule has 0 saturated heterocycles. The molecule has 1 N–H and O–H groups in total. The zero-order valence-electron chi connectivity index (χ0n) is 9.57. The molecule has 0 radical (unpaired) electrons. The third kappa shape index (κ3) is 9.79. The first-order valence-corrected chi connectivity index (χ1v) is 4.33. The molecule has 0 fully saturated rings. The van der Waals surface area contributed by atoms with Crippen LogP contribution in [0.15, 0.2) is 0 Å². The average molecular weight is 210 g/mol. The number of carbonyl (C=O) groups is 2. The fourth-order valence-corrected chi connectivity index (χ4v) is 0.742. The number of aliphatic carboxylic acids is 1. The van der Waals surface area contributed by atoms with Crippen LogP contribution in [0.4, 0.5) is 0 Å². The van der Waals surface area contributed by atoms with Gasteiger partial charge in [0.1, 0.15) is 5.60 Å². The Labute approximate surface area is 101 Å². The molecular weight excluding hydrogens is 195 g/mol. The van der Waals surface area contributed by atoms with Crippen LogP contribution in [0.2, 0.25) is 0 Å². The Hall–Kier alpha value is -0.503. The van der Waals surface area contributed by atoms with Gasteiger partial charge in [-0.15, -0.1) is 0 Å². The number of hydrogen-bond acceptors (Lipinski definition) is 5. The van der Waals surface area contributed by atoms with Crippen LogP contribution in [0, 0.1) is 0 Å². The van der Waals surface area contributed by atoms with Crippen LogP contribution in [-0.4, -0.2) is 28.8 Å². The van der Waals surface area contributed by atoms with E-state index >= 15 is 0 Å². The number of rotatable bonds is 4. The zero-order chi connectivity index (χ0) is 11.4. The number of hydrogen-bond donors (Lipinski definition) is 1. The van der Waals surface area contributed by atoms with Crippen molar-refractivity contribution in [3.8, 4) is 0 Å². The largest absolute Gasteiger partial charge is 1.00 e. The van der Waals surface area contributed by atoms with Crippen molar-refractivity contribution in [3.63, 3.8) is 0 Å². The molecule has 0 spiro atoms. The van der Waals surface area contributed by atoms with Gasteiger partial charge in [-0.3, -0.25) is 0 Å². The Morgan fingerprint density at radius 3 is 2.20 bits per heavy atom. The van der Waals surface area contributed by atoms with Crippen LogP contribution in [0.1, 0.15) is 33.6 Å². The molecule has 0 aromatic carbocycles. The predicted octanol–water partition coefficient (Wildman–Crippen LogP) is -3.78. The number of carbonyl (C=O) groups excluding carboxylic acids is 2. The van der Waals surface area contributed by atoms with E-state index in [2.05, 4.69) is 0 Å². The minimum atomic E-state index is -1.40. The standard InChI is InChI=1S/C9H16O5.Li/c1-9(2,3)14-8(13)6(10)4-5-7(11)12;/h6,10H,4-5H2,1-3H3,(H,11,12);/q;+1/p-1. The maximum absolute atomic E-state index is 11.1. The number of aliphatic hydroxyl groups is 1. The maximum Gasteiger partial charge on any atom is 1.00 e. The van der Waals surface area contributed by atoms with E-state index in [0.29, 0.717) is 0 Å². The summed E-state index contributed by atoms with van der Waals surface area (Å²) in [7, 11) is 0. The molecule has 15 heavy (non-hydrogen) atoms. The summed E-state index contributed by atoms with van der Waals surface area (Å²) in [5.74, 6) is -2.11. The molecular formula is C9H15LiO5. The summed E-state index contributed by atoms with van der Waals surface area (Å²) in [6, 6.07) is 0. The quantitative estimate of drug-likeness (QED) is 0.380. The molecule has 0 heterocycles. The van der Waals surface area contributed by atoms with Crippen molar-refractivity contribution in [2.45, 2.75) is 45.3 Å². The number of ether oxygens (including phenoxy) is 1. The Morgan fingerprint density at radius 1 is 1.40 bits per heavy atom. The van der Waals surface area contributed by atoms with E-state index < -0.39 is 23.6 Å². The van der Waals surface area contributed by atoms with Crippen molar-refractivity contribution in [3.05, 3.63) is 0 Å². The summed E-state index contributed by atoms with van der Waals surface area (Å²) >= 11 is 0. The summed E-state index contributed by atoms with van der Waals surface area (Å²) in [6.07, 6.45) is -1.94. The van der Waals surface area contributed by atoms with Crippen molar-refractivity contribution in [2.24, 2.45) is 0 Å². The van der Waals surface area contributed by atoms with Crippen molar-refractivity contribution < 1.29 is 43.4 Å². The van der Waals surface area contributed by atoms with E-state index in [4.69, 9.17) is 9.84 Å². The van der Waals surface area contributed by atoms with Crippen LogP contribution in [0.25, 0.3) is 0 Å². The van der Waals surface area contributed by atoms with Gasteiger partial charge in [0.05, 0.1) is 0 Å². The monoisotopic (exact) mass is 210 g/mol. The summed E-state index contributed by atoms with van der Waals surface area (Å²) in [6.45, 7) is 4.99. The summed E-state index contributed by atoms with van der Waals surface area (Å²) in [5.41, 5.74) is -0.681. The number of carboxylic acids is 1. The van der Waals surface area contributed by atoms with Gasteiger partial charge in [0.25, 0.3) is 0 Å². The normalized spacial score (nSPS) is 12.5. The van der Waals surface area contributed by atoms with Gasteiger partial charge >= 0.3 is 24.8 Å². The van der Waals surface area contributed by atoms with Gasteiger partial charge in [-0.25, -0.2) is 4.79 Å². The number of aliphatic hydroxyl groups excluding tert-OH is 1. The molecule has 0 aliphatic carbocycles. The smallest absolute Gasteiger partial charge is 0.550 e. The molecule has 0 aliphatic rings. The molecule has 0 bridgehead atoms. The molecule has 0 aliphatic heterocycles. The third-order valence-electron chi connectivity index (χ3n) is 1.30.